The van der Waals surface area contributed by atoms with E-state index < -0.39 is 5.82 Å². The molecule has 1 saturated carbocycles. The zero-order chi connectivity index (χ0) is 32.4. The first kappa shape index (κ1) is 32.1. The molecule has 3 aliphatic rings. The second-order valence-corrected chi connectivity index (χ2v) is 13.6. The minimum absolute atomic E-state index is 0.0338. The number of rotatable bonds is 12. The number of halogens is 1. The van der Waals surface area contributed by atoms with Gasteiger partial charge in [-0.3, -0.25) is 14.7 Å². The summed E-state index contributed by atoms with van der Waals surface area (Å²) in [4.78, 5) is 35.3. The Bertz CT molecular complexity index is 1540. The maximum absolute atomic E-state index is 14.3. The Balaban J connectivity index is 1.08. The number of carbonyl (C=O) groups is 1. The van der Waals surface area contributed by atoms with E-state index in [0.29, 0.717) is 18.1 Å². The lowest BCUT2D eigenvalue weighted by Crippen LogP contribution is -2.65. The average molecular weight is 632 g/mol. The first-order valence-electron chi connectivity index (χ1n) is 16.5. The van der Waals surface area contributed by atoms with Crippen LogP contribution in [0.3, 0.4) is 0 Å². The molecule has 0 atom stereocenters. The van der Waals surface area contributed by atoms with Crippen LogP contribution in [0.4, 0.5) is 10.2 Å². The number of aromatic nitrogens is 3. The van der Waals surface area contributed by atoms with E-state index in [1.165, 1.54) is 35.8 Å². The van der Waals surface area contributed by atoms with E-state index in [9.17, 15) is 9.18 Å². The largest absolute Gasteiger partial charge is 0.490 e. The van der Waals surface area contributed by atoms with Crippen molar-refractivity contribution in [1.82, 2.24) is 29.7 Å². The molecule has 0 N–H and O–H groups in total. The highest BCUT2D eigenvalue weighted by Crippen LogP contribution is 2.52. The summed E-state index contributed by atoms with van der Waals surface area (Å²) >= 11 is 0. The molecule has 2 aromatic heterocycles. The fraction of sp³-hybridized carbons (Fsp3) is 0.543. The van der Waals surface area contributed by atoms with Crippen molar-refractivity contribution in [1.29, 1.82) is 0 Å². The van der Waals surface area contributed by atoms with Crippen molar-refractivity contribution in [3.8, 4) is 17.2 Å². The quantitative estimate of drug-likeness (QED) is 0.273. The van der Waals surface area contributed by atoms with Crippen LogP contribution in [0, 0.1) is 11.2 Å². The molecule has 11 heteroatoms. The van der Waals surface area contributed by atoms with Gasteiger partial charge >= 0.3 is 0 Å². The fourth-order valence-electron chi connectivity index (χ4n) is 7.11. The van der Waals surface area contributed by atoms with Crippen molar-refractivity contribution >= 4 is 11.7 Å². The van der Waals surface area contributed by atoms with Crippen molar-refractivity contribution in [2.45, 2.75) is 65.1 Å². The Kier molecular flexibility index (Phi) is 9.42. The lowest BCUT2D eigenvalue weighted by molar-refractivity contribution is -0.0352. The molecule has 6 rings (SSSR count). The molecule has 1 aromatic carbocycles. The number of carbonyl (C=O) groups excluding carboxylic acids is 1. The minimum Gasteiger partial charge on any atom is -0.490 e. The lowest BCUT2D eigenvalue weighted by atomic mass is 9.61. The number of fused-ring (bicyclic) bond motifs is 1. The van der Waals surface area contributed by atoms with Crippen LogP contribution in [0.25, 0.3) is 0 Å². The second kappa shape index (κ2) is 13.5. The van der Waals surface area contributed by atoms with Gasteiger partial charge in [0.05, 0.1) is 11.8 Å². The summed E-state index contributed by atoms with van der Waals surface area (Å²) < 4.78 is 27.1. The van der Waals surface area contributed by atoms with Gasteiger partial charge < -0.3 is 24.2 Å². The van der Waals surface area contributed by atoms with E-state index in [1.54, 1.807) is 11.1 Å². The topological polar surface area (TPSA) is 87.2 Å². The number of anilines is 1. The van der Waals surface area contributed by atoms with Crippen molar-refractivity contribution in [2.24, 2.45) is 5.41 Å². The van der Waals surface area contributed by atoms with Gasteiger partial charge in [-0.2, -0.15) is 0 Å². The first-order chi connectivity index (χ1) is 22.1. The van der Waals surface area contributed by atoms with Crippen molar-refractivity contribution in [2.75, 3.05) is 58.3 Å². The Morgan fingerprint density at radius 1 is 1.13 bits per heavy atom. The molecular weight excluding hydrogens is 585 g/mol. The Labute approximate surface area is 271 Å². The average Bonchev–Trinajstić information content (AvgIpc) is 2.99. The van der Waals surface area contributed by atoms with Crippen LogP contribution in [-0.4, -0.2) is 101 Å². The maximum atomic E-state index is 14.3. The molecule has 0 bridgehead atoms. The monoisotopic (exact) mass is 631 g/mol. The summed E-state index contributed by atoms with van der Waals surface area (Å²) in [5, 5.41) is 0. The summed E-state index contributed by atoms with van der Waals surface area (Å²) in [5.74, 6) is 1.61. The van der Waals surface area contributed by atoms with Crippen LogP contribution >= 0.6 is 0 Å². The van der Waals surface area contributed by atoms with Crippen LogP contribution in [0.2, 0.25) is 0 Å². The van der Waals surface area contributed by atoms with E-state index in [-0.39, 0.29) is 34.8 Å². The van der Waals surface area contributed by atoms with E-state index >= 15 is 0 Å². The first-order valence-corrected chi connectivity index (χ1v) is 16.5. The third-order valence-corrected chi connectivity index (χ3v) is 9.47. The van der Waals surface area contributed by atoms with Gasteiger partial charge in [0, 0.05) is 68.1 Å². The third kappa shape index (κ3) is 6.80. The molecule has 3 aromatic rings. The number of hydrogen-bond acceptors (Lipinski definition) is 9. The van der Waals surface area contributed by atoms with Crippen LogP contribution in [0.15, 0.2) is 43.0 Å². The lowest BCUT2D eigenvalue weighted by Gasteiger charge is -2.59. The zero-order valence-corrected chi connectivity index (χ0v) is 27.7. The Morgan fingerprint density at radius 3 is 2.67 bits per heavy atom. The van der Waals surface area contributed by atoms with Crippen molar-refractivity contribution in [3.63, 3.8) is 0 Å². The van der Waals surface area contributed by atoms with Crippen molar-refractivity contribution < 1.29 is 18.7 Å². The van der Waals surface area contributed by atoms with Crippen LogP contribution in [0.5, 0.6) is 17.2 Å². The molecule has 1 aliphatic carbocycles. The molecule has 2 aliphatic heterocycles. The molecule has 0 radical (unpaired) electrons. The number of benzene rings is 1. The molecule has 1 saturated heterocycles. The zero-order valence-electron chi connectivity index (χ0n) is 27.7. The van der Waals surface area contributed by atoms with E-state index in [1.807, 2.05) is 33.0 Å². The number of ether oxygens (including phenoxy) is 2. The highest BCUT2D eigenvalue weighted by Gasteiger charge is 2.54. The van der Waals surface area contributed by atoms with E-state index in [0.717, 1.165) is 70.7 Å². The van der Waals surface area contributed by atoms with Gasteiger partial charge in [-0.25, -0.2) is 14.4 Å². The number of amides is 1. The van der Waals surface area contributed by atoms with Gasteiger partial charge in [0.25, 0.3) is 5.91 Å². The normalized spacial score (nSPS) is 17.5. The standard InChI is InChI=1S/C35H46FN7O3/c1-6-43(24(2)3)34(44)27-16-25(36)8-9-30(27)46-32-19-37-23-39-33(32)42-21-35(22-42)17-26(18-35)45-31-10-12-38-29-11-15-41(20-28(29)31)14-7-13-40(4)5/h8-10,12,16,19,23-24,26H,6-7,11,13-15,17-18,20-22H2,1-5H3. The molecule has 0 unspecified atom stereocenters. The number of nitrogens with zero attached hydrogens (tertiary/aromatic N) is 7. The van der Waals surface area contributed by atoms with Gasteiger partial charge in [0.2, 0.25) is 0 Å². The minimum atomic E-state index is -0.490. The van der Waals surface area contributed by atoms with Crippen LogP contribution in [0.1, 0.15) is 61.6 Å². The SMILES string of the molecule is CCN(C(=O)c1cc(F)ccc1Oc1cncnc1N1CC2(CC(Oc3ccnc4c3CN(CCCN(C)C)CC4)C2)C1)C(C)C. The number of pyridine rings is 1. The molecule has 2 fully saturated rings. The van der Waals surface area contributed by atoms with Gasteiger partial charge in [-0.05, 0) is 91.5 Å². The fourth-order valence-corrected chi connectivity index (χ4v) is 7.11. The molecule has 10 nitrogen and oxygen atoms in total. The molecule has 1 amide bonds. The molecule has 1 spiro atoms. The predicted octanol–water partition coefficient (Wildman–Crippen LogP) is 5.03. The highest BCUT2D eigenvalue weighted by atomic mass is 19.1. The van der Waals surface area contributed by atoms with Crippen LogP contribution < -0.4 is 14.4 Å². The Morgan fingerprint density at radius 2 is 1.93 bits per heavy atom. The second-order valence-electron chi connectivity index (χ2n) is 13.6. The van der Waals surface area contributed by atoms with Crippen LogP contribution in [-0.2, 0) is 13.0 Å². The summed E-state index contributed by atoms with van der Waals surface area (Å²) in [6.07, 6.45) is 9.24. The van der Waals surface area contributed by atoms with Gasteiger partial charge in [0.1, 0.15) is 29.7 Å². The summed E-state index contributed by atoms with van der Waals surface area (Å²) in [5.41, 5.74) is 2.76. The van der Waals surface area contributed by atoms with Gasteiger partial charge in [-0.15, -0.1) is 0 Å². The van der Waals surface area contributed by atoms with Crippen molar-refractivity contribution in [3.05, 3.63) is 65.6 Å². The molecule has 46 heavy (non-hydrogen) atoms. The van der Waals surface area contributed by atoms with E-state index in [4.69, 9.17) is 9.47 Å². The van der Waals surface area contributed by atoms with Gasteiger partial charge in [0.15, 0.2) is 11.6 Å². The van der Waals surface area contributed by atoms with E-state index in [2.05, 4.69) is 43.7 Å². The molecular formula is C35H46FN7O3. The highest BCUT2D eigenvalue weighted by molar-refractivity contribution is 5.97. The Hall–Kier alpha value is -3.83. The summed E-state index contributed by atoms with van der Waals surface area (Å²) in [6, 6.07) is 6.03. The summed E-state index contributed by atoms with van der Waals surface area (Å²) in [7, 11) is 4.24. The smallest absolute Gasteiger partial charge is 0.257 e. The maximum Gasteiger partial charge on any atom is 0.257 e. The number of hydrogen-bond donors (Lipinski definition) is 0. The summed E-state index contributed by atoms with van der Waals surface area (Å²) in [6.45, 7) is 12.1. The molecule has 246 valence electrons. The van der Waals surface area contributed by atoms with Gasteiger partial charge in [-0.1, -0.05) is 0 Å². The predicted molar refractivity (Wildman–Crippen MR) is 175 cm³/mol. The third-order valence-electron chi connectivity index (χ3n) is 9.47. The molecule has 4 heterocycles.